The van der Waals surface area contributed by atoms with Gasteiger partial charge in [0.25, 0.3) is 11.8 Å². The number of benzene rings is 3. The van der Waals surface area contributed by atoms with Crippen LogP contribution in [0.2, 0.25) is 5.02 Å². The molecule has 0 saturated carbocycles. The van der Waals surface area contributed by atoms with Gasteiger partial charge in [-0.1, -0.05) is 41.4 Å². The fourth-order valence-electron chi connectivity index (χ4n) is 2.66. The van der Waals surface area contributed by atoms with Crippen molar-refractivity contribution in [2.75, 3.05) is 6.54 Å². The molecule has 0 unspecified atom stereocenters. The standard InChI is InChI=1S/C24H22ClN3O3/c1-17-3-2-4-20(13-17)24(30)26-15-23(29)28-27-14-18-7-11-22(12-8-18)31-16-19-5-9-21(25)10-6-19/h2-14H,15-16H2,1H3,(H,26,30)(H,28,29). The maximum absolute atomic E-state index is 12.0. The average molecular weight is 436 g/mol. The van der Waals surface area contributed by atoms with Gasteiger partial charge in [0.2, 0.25) is 0 Å². The fraction of sp³-hybridized carbons (Fsp3) is 0.125. The van der Waals surface area contributed by atoms with Gasteiger partial charge in [0.1, 0.15) is 12.4 Å². The van der Waals surface area contributed by atoms with Gasteiger partial charge >= 0.3 is 0 Å². The van der Waals surface area contributed by atoms with Crippen molar-refractivity contribution in [1.29, 1.82) is 0 Å². The molecule has 158 valence electrons. The van der Waals surface area contributed by atoms with E-state index in [1.807, 2.05) is 61.5 Å². The molecule has 0 spiro atoms. The molecule has 0 aliphatic heterocycles. The SMILES string of the molecule is Cc1cccc(C(=O)NCC(=O)NN=Cc2ccc(OCc3ccc(Cl)cc3)cc2)c1. The normalized spacial score (nSPS) is 10.6. The monoisotopic (exact) mass is 435 g/mol. The van der Waals surface area contributed by atoms with Crippen LogP contribution in [0.25, 0.3) is 0 Å². The van der Waals surface area contributed by atoms with Gasteiger partial charge in [-0.2, -0.15) is 5.10 Å². The lowest BCUT2D eigenvalue weighted by Gasteiger charge is -2.06. The van der Waals surface area contributed by atoms with Crippen molar-refractivity contribution in [3.63, 3.8) is 0 Å². The third-order valence-corrected chi connectivity index (χ3v) is 4.54. The molecule has 3 rings (SSSR count). The molecule has 0 fully saturated rings. The second-order valence-electron chi connectivity index (χ2n) is 6.83. The van der Waals surface area contributed by atoms with Crippen LogP contribution in [-0.2, 0) is 11.4 Å². The lowest BCUT2D eigenvalue weighted by Crippen LogP contribution is -2.34. The molecule has 7 heteroatoms. The first kappa shape index (κ1) is 22.1. The number of nitrogens with one attached hydrogen (secondary N) is 2. The Bertz CT molecular complexity index is 1060. The number of carbonyl (C=O) groups excluding carboxylic acids is 2. The maximum atomic E-state index is 12.0. The minimum atomic E-state index is -0.417. The third kappa shape index (κ3) is 7.28. The summed E-state index contributed by atoms with van der Waals surface area (Å²) in [4.78, 5) is 23.9. The second kappa shape index (κ2) is 10.9. The highest BCUT2D eigenvalue weighted by Gasteiger charge is 2.07. The van der Waals surface area contributed by atoms with E-state index < -0.39 is 5.91 Å². The summed E-state index contributed by atoms with van der Waals surface area (Å²) in [7, 11) is 0. The number of halogens is 1. The van der Waals surface area contributed by atoms with Crippen LogP contribution in [0.4, 0.5) is 0 Å². The van der Waals surface area contributed by atoms with E-state index in [2.05, 4.69) is 15.8 Å². The molecule has 0 bridgehead atoms. The molecule has 0 heterocycles. The van der Waals surface area contributed by atoms with Crippen LogP contribution in [0.3, 0.4) is 0 Å². The Labute approximate surface area is 185 Å². The van der Waals surface area contributed by atoms with Crippen molar-refractivity contribution in [1.82, 2.24) is 10.7 Å². The molecule has 0 saturated heterocycles. The van der Waals surface area contributed by atoms with Crippen molar-refractivity contribution in [2.24, 2.45) is 5.10 Å². The third-order valence-electron chi connectivity index (χ3n) is 4.29. The quantitative estimate of drug-likeness (QED) is 0.413. The highest BCUT2D eigenvalue weighted by atomic mass is 35.5. The van der Waals surface area contributed by atoms with Gasteiger partial charge in [-0.15, -0.1) is 0 Å². The summed E-state index contributed by atoms with van der Waals surface area (Å²) in [5.41, 5.74) is 5.69. The van der Waals surface area contributed by atoms with Gasteiger partial charge in [0.05, 0.1) is 12.8 Å². The number of hydrogen-bond donors (Lipinski definition) is 2. The zero-order chi connectivity index (χ0) is 22.1. The summed E-state index contributed by atoms with van der Waals surface area (Å²) < 4.78 is 5.73. The predicted molar refractivity (Wildman–Crippen MR) is 121 cm³/mol. The summed E-state index contributed by atoms with van der Waals surface area (Å²) in [5.74, 6) is -0.00723. The van der Waals surface area contributed by atoms with Crippen molar-refractivity contribution < 1.29 is 14.3 Å². The highest BCUT2D eigenvalue weighted by molar-refractivity contribution is 6.30. The van der Waals surface area contributed by atoms with Crippen LogP contribution in [0, 0.1) is 6.92 Å². The summed E-state index contributed by atoms with van der Waals surface area (Å²) in [6.07, 6.45) is 1.52. The van der Waals surface area contributed by atoms with Crippen LogP contribution in [0.5, 0.6) is 5.75 Å². The van der Waals surface area contributed by atoms with E-state index in [1.54, 1.807) is 18.2 Å². The topological polar surface area (TPSA) is 79.8 Å². The van der Waals surface area contributed by atoms with Crippen molar-refractivity contribution in [3.8, 4) is 5.75 Å². The zero-order valence-corrected chi connectivity index (χ0v) is 17.7. The van der Waals surface area contributed by atoms with Crippen LogP contribution in [0.1, 0.15) is 27.0 Å². The number of aryl methyl sites for hydroxylation is 1. The molecular formula is C24H22ClN3O3. The molecule has 0 aliphatic carbocycles. The van der Waals surface area contributed by atoms with Crippen LogP contribution in [0.15, 0.2) is 77.9 Å². The number of ether oxygens (including phenoxy) is 1. The number of rotatable bonds is 8. The first-order chi connectivity index (χ1) is 15.0. The van der Waals surface area contributed by atoms with Crippen LogP contribution < -0.4 is 15.5 Å². The first-order valence-electron chi connectivity index (χ1n) is 9.64. The average Bonchev–Trinajstić information content (AvgIpc) is 2.78. The van der Waals surface area contributed by atoms with Crippen molar-refractivity contribution >= 4 is 29.6 Å². The Morgan fingerprint density at radius 1 is 1.03 bits per heavy atom. The van der Waals surface area contributed by atoms with E-state index >= 15 is 0 Å². The number of nitrogens with zero attached hydrogens (tertiary/aromatic N) is 1. The minimum Gasteiger partial charge on any atom is -0.489 e. The van der Waals surface area contributed by atoms with E-state index in [4.69, 9.17) is 16.3 Å². The van der Waals surface area contributed by atoms with Gasteiger partial charge in [-0.3, -0.25) is 9.59 Å². The van der Waals surface area contributed by atoms with E-state index in [-0.39, 0.29) is 12.5 Å². The molecule has 3 aromatic carbocycles. The number of amides is 2. The summed E-state index contributed by atoms with van der Waals surface area (Å²) in [6.45, 7) is 2.17. The Kier molecular flexibility index (Phi) is 7.79. The Hall–Kier alpha value is -3.64. The lowest BCUT2D eigenvalue weighted by atomic mass is 10.1. The smallest absolute Gasteiger partial charge is 0.259 e. The van der Waals surface area contributed by atoms with Crippen LogP contribution in [-0.4, -0.2) is 24.6 Å². The molecule has 0 radical (unpaired) electrons. The van der Waals surface area contributed by atoms with Gasteiger partial charge in [-0.05, 0) is 66.6 Å². The molecule has 3 aromatic rings. The van der Waals surface area contributed by atoms with Crippen LogP contribution >= 0.6 is 11.6 Å². The fourth-order valence-corrected chi connectivity index (χ4v) is 2.79. The minimum absolute atomic E-state index is 0.165. The zero-order valence-electron chi connectivity index (χ0n) is 17.0. The predicted octanol–water partition coefficient (Wildman–Crippen LogP) is 4.11. The molecule has 2 amide bonds. The summed E-state index contributed by atoms with van der Waals surface area (Å²) in [6, 6.07) is 21.9. The van der Waals surface area contributed by atoms with E-state index in [9.17, 15) is 9.59 Å². The lowest BCUT2D eigenvalue weighted by molar-refractivity contribution is -0.120. The van der Waals surface area contributed by atoms with Gasteiger partial charge < -0.3 is 10.1 Å². The number of carbonyl (C=O) groups is 2. The highest BCUT2D eigenvalue weighted by Crippen LogP contribution is 2.15. The van der Waals surface area contributed by atoms with E-state index in [1.165, 1.54) is 6.21 Å². The Morgan fingerprint density at radius 3 is 2.48 bits per heavy atom. The van der Waals surface area contributed by atoms with Crippen molar-refractivity contribution in [3.05, 3.63) is 100 Å². The maximum Gasteiger partial charge on any atom is 0.259 e. The number of hydrogen-bond acceptors (Lipinski definition) is 4. The van der Waals surface area contributed by atoms with Gasteiger partial charge in [0, 0.05) is 10.6 Å². The Balaban J connectivity index is 1.41. The Morgan fingerprint density at radius 2 is 1.77 bits per heavy atom. The largest absolute Gasteiger partial charge is 0.489 e. The number of hydrazone groups is 1. The second-order valence-corrected chi connectivity index (χ2v) is 7.27. The molecule has 0 aromatic heterocycles. The molecule has 6 nitrogen and oxygen atoms in total. The summed E-state index contributed by atoms with van der Waals surface area (Å²) >= 11 is 5.87. The molecule has 0 aliphatic rings. The van der Waals surface area contributed by atoms with Gasteiger partial charge in [0.15, 0.2) is 0 Å². The van der Waals surface area contributed by atoms with Gasteiger partial charge in [-0.25, -0.2) is 5.43 Å². The molecule has 2 N–H and O–H groups in total. The molecule has 31 heavy (non-hydrogen) atoms. The summed E-state index contributed by atoms with van der Waals surface area (Å²) in [5, 5.41) is 7.16. The van der Waals surface area contributed by atoms with E-state index in [0.717, 1.165) is 22.4 Å². The van der Waals surface area contributed by atoms with Crippen molar-refractivity contribution in [2.45, 2.75) is 13.5 Å². The van der Waals surface area contributed by atoms with E-state index in [0.29, 0.717) is 17.2 Å². The molecular weight excluding hydrogens is 414 g/mol. The first-order valence-corrected chi connectivity index (χ1v) is 10.0. The molecule has 0 atom stereocenters.